The summed E-state index contributed by atoms with van der Waals surface area (Å²) in [6.45, 7) is 9.05. The van der Waals surface area contributed by atoms with Crippen molar-refractivity contribution in [3.8, 4) is 0 Å². The van der Waals surface area contributed by atoms with Crippen LogP contribution in [-0.4, -0.2) is 54.5 Å². The Kier molecular flexibility index (Phi) is 3.10. The van der Waals surface area contributed by atoms with Crippen LogP contribution < -0.4 is 5.73 Å². The number of likely N-dealkylation sites (tertiary alicyclic amines) is 1. The maximum absolute atomic E-state index is 5.86. The van der Waals surface area contributed by atoms with E-state index >= 15 is 0 Å². The lowest BCUT2D eigenvalue weighted by Crippen LogP contribution is -2.55. The van der Waals surface area contributed by atoms with Gasteiger partial charge in [0.1, 0.15) is 0 Å². The van der Waals surface area contributed by atoms with Gasteiger partial charge < -0.3 is 15.5 Å². The summed E-state index contributed by atoms with van der Waals surface area (Å²) < 4.78 is 0. The highest BCUT2D eigenvalue weighted by Gasteiger charge is 2.42. The van der Waals surface area contributed by atoms with Gasteiger partial charge in [-0.1, -0.05) is 13.8 Å². The molecule has 2 aliphatic heterocycles. The van der Waals surface area contributed by atoms with Crippen LogP contribution in [0.3, 0.4) is 0 Å². The fraction of sp³-hybridized carbons (Fsp3) is 0.917. The third kappa shape index (κ3) is 2.03. The number of rotatable bonds is 2. The lowest BCUT2D eigenvalue weighted by molar-refractivity contribution is 0.0924. The van der Waals surface area contributed by atoms with E-state index in [2.05, 4.69) is 35.7 Å². The lowest BCUT2D eigenvalue weighted by Gasteiger charge is -2.44. The molecule has 0 atom stereocenters. The Hall–Kier alpha value is -0.770. The molecule has 1 saturated heterocycles. The van der Waals surface area contributed by atoms with Gasteiger partial charge >= 0.3 is 0 Å². The third-order valence-corrected chi connectivity index (χ3v) is 4.00. The minimum atomic E-state index is 0.234. The maximum atomic E-state index is 5.86. The molecule has 1 spiro atoms. The molecule has 2 N–H and O–H groups in total. The van der Waals surface area contributed by atoms with E-state index in [-0.39, 0.29) is 5.54 Å². The summed E-state index contributed by atoms with van der Waals surface area (Å²) >= 11 is 0. The number of piperidine rings is 1. The molecule has 0 aromatic rings. The first kappa shape index (κ1) is 11.7. The van der Waals surface area contributed by atoms with Crippen LogP contribution in [0.4, 0.5) is 0 Å². The van der Waals surface area contributed by atoms with E-state index in [1.807, 2.05) is 0 Å². The van der Waals surface area contributed by atoms with Crippen LogP contribution in [0.2, 0.25) is 0 Å². The van der Waals surface area contributed by atoms with E-state index in [0.29, 0.717) is 0 Å². The molecule has 2 aliphatic rings. The molecule has 0 aromatic carbocycles. The second kappa shape index (κ2) is 4.24. The summed E-state index contributed by atoms with van der Waals surface area (Å²) in [4.78, 5) is 9.14. The molecule has 0 unspecified atom stereocenters. The second-order valence-corrected chi connectivity index (χ2v) is 5.65. The Morgan fingerprint density at radius 2 is 2.00 bits per heavy atom. The average Bonchev–Trinajstić information content (AvgIpc) is 2.51. The molecule has 0 radical (unpaired) electrons. The highest BCUT2D eigenvalue weighted by atomic mass is 15.3. The average molecular weight is 224 g/mol. The maximum Gasteiger partial charge on any atom is 0.191 e. The van der Waals surface area contributed by atoms with Crippen LogP contribution in [0.5, 0.6) is 0 Å². The molecule has 0 aliphatic carbocycles. The van der Waals surface area contributed by atoms with Crippen LogP contribution in [0.1, 0.15) is 26.7 Å². The summed E-state index contributed by atoms with van der Waals surface area (Å²) in [5.41, 5.74) is 6.10. The van der Waals surface area contributed by atoms with Crippen molar-refractivity contribution in [1.29, 1.82) is 0 Å². The Bertz CT molecular complexity index is 277. The van der Waals surface area contributed by atoms with Crippen molar-refractivity contribution in [1.82, 2.24) is 9.80 Å². The predicted molar refractivity (Wildman–Crippen MR) is 67.5 cm³/mol. The summed E-state index contributed by atoms with van der Waals surface area (Å²) in [6.07, 6.45) is 2.39. The number of hydrogen-bond acceptors (Lipinski definition) is 4. The summed E-state index contributed by atoms with van der Waals surface area (Å²) in [6, 6.07) is 0. The predicted octanol–water partition coefficient (Wildman–Crippen LogP) is 0.737. The van der Waals surface area contributed by atoms with Crippen LogP contribution >= 0.6 is 0 Å². The molecular formula is C12H24N4. The molecular weight excluding hydrogens is 200 g/mol. The molecule has 16 heavy (non-hydrogen) atoms. The van der Waals surface area contributed by atoms with Crippen molar-refractivity contribution in [3.63, 3.8) is 0 Å². The molecule has 1 fully saturated rings. The second-order valence-electron chi connectivity index (χ2n) is 5.65. The van der Waals surface area contributed by atoms with Crippen molar-refractivity contribution in [2.75, 3.05) is 33.2 Å². The number of hydrogen-bond donors (Lipinski definition) is 1. The van der Waals surface area contributed by atoms with Gasteiger partial charge in [0.25, 0.3) is 0 Å². The number of nitrogens with zero attached hydrogens (tertiary/aromatic N) is 3. The van der Waals surface area contributed by atoms with Gasteiger partial charge in [0, 0.05) is 26.7 Å². The SMILES string of the molecule is CC(C)CN1CCC2(CC1)CN=C(N)N2C. The molecule has 4 heteroatoms. The highest BCUT2D eigenvalue weighted by Crippen LogP contribution is 2.31. The number of aliphatic imine (C=N–C) groups is 1. The monoisotopic (exact) mass is 224 g/mol. The number of nitrogens with two attached hydrogens (primary N) is 1. The van der Waals surface area contributed by atoms with E-state index in [0.717, 1.165) is 18.4 Å². The van der Waals surface area contributed by atoms with Crippen molar-refractivity contribution >= 4 is 5.96 Å². The van der Waals surface area contributed by atoms with Crippen LogP contribution in [0.15, 0.2) is 4.99 Å². The molecule has 0 bridgehead atoms. The van der Waals surface area contributed by atoms with Gasteiger partial charge in [-0.05, 0) is 18.8 Å². The normalized spacial score (nSPS) is 25.5. The molecule has 92 valence electrons. The third-order valence-electron chi connectivity index (χ3n) is 4.00. The van der Waals surface area contributed by atoms with E-state index in [9.17, 15) is 0 Å². The van der Waals surface area contributed by atoms with Gasteiger partial charge in [-0.25, -0.2) is 0 Å². The number of likely N-dealkylation sites (N-methyl/N-ethyl adjacent to an activating group) is 1. The van der Waals surface area contributed by atoms with Crippen molar-refractivity contribution < 1.29 is 0 Å². The molecule has 0 saturated carbocycles. The summed E-state index contributed by atoms with van der Waals surface area (Å²) in [5.74, 6) is 1.48. The number of guanidine groups is 1. The minimum absolute atomic E-state index is 0.234. The lowest BCUT2D eigenvalue weighted by atomic mass is 9.86. The Morgan fingerprint density at radius 3 is 2.44 bits per heavy atom. The van der Waals surface area contributed by atoms with Crippen molar-refractivity contribution in [3.05, 3.63) is 0 Å². The minimum Gasteiger partial charge on any atom is -0.370 e. The first-order valence-electron chi connectivity index (χ1n) is 6.30. The van der Waals surface area contributed by atoms with E-state index < -0.39 is 0 Å². The molecule has 2 rings (SSSR count). The van der Waals surface area contributed by atoms with Gasteiger partial charge in [0.05, 0.1) is 12.1 Å². The zero-order chi connectivity index (χ0) is 11.8. The summed E-state index contributed by atoms with van der Waals surface area (Å²) in [5, 5.41) is 0. The fourth-order valence-corrected chi connectivity index (χ4v) is 2.85. The van der Waals surface area contributed by atoms with Gasteiger partial charge in [0.2, 0.25) is 0 Å². The van der Waals surface area contributed by atoms with E-state index in [1.54, 1.807) is 0 Å². The van der Waals surface area contributed by atoms with Crippen molar-refractivity contribution in [2.45, 2.75) is 32.2 Å². The first-order valence-corrected chi connectivity index (χ1v) is 6.30. The molecule has 4 nitrogen and oxygen atoms in total. The molecule has 0 amide bonds. The van der Waals surface area contributed by atoms with Crippen LogP contribution in [-0.2, 0) is 0 Å². The topological polar surface area (TPSA) is 44.9 Å². The Balaban J connectivity index is 1.90. The van der Waals surface area contributed by atoms with Crippen LogP contribution in [0, 0.1) is 5.92 Å². The molecule has 0 aromatic heterocycles. The Labute approximate surface area is 98.5 Å². The van der Waals surface area contributed by atoms with Gasteiger partial charge in [-0.15, -0.1) is 0 Å². The van der Waals surface area contributed by atoms with E-state index in [1.165, 1.54) is 32.5 Å². The zero-order valence-corrected chi connectivity index (χ0v) is 10.7. The van der Waals surface area contributed by atoms with Crippen LogP contribution in [0.25, 0.3) is 0 Å². The summed E-state index contributed by atoms with van der Waals surface area (Å²) in [7, 11) is 2.09. The quantitative estimate of drug-likeness (QED) is 0.752. The van der Waals surface area contributed by atoms with Crippen molar-refractivity contribution in [2.24, 2.45) is 16.6 Å². The highest BCUT2D eigenvalue weighted by molar-refractivity contribution is 5.80. The largest absolute Gasteiger partial charge is 0.370 e. The van der Waals surface area contributed by atoms with Gasteiger partial charge in [0.15, 0.2) is 5.96 Å². The zero-order valence-electron chi connectivity index (χ0n) is 10.7. The van der Waals surface area contributed by atoms with E-state index in [4.69, 9.17) is 5.73 Å². The standard InChI is InChI=1S/C12H24N4/c1-10(2)8-16-6-4-12(5-7-16)9-14-11(13)15(12)3/h10H,4-9H2,1-3H3,(H2,13,14). The fourth-order valence-electron chi connectivity index (χ4n) is 2.85. The van der Waals surface area contributed by atoms with Gasteiger partial charge in [-0.2, -0.15) is 0 Å². The van der Waals surface area contributed by atoms with Gasteiger partial charge in [-0.3, -0.25) is 4.99 Å². The first-order chi connectivity index (χ1) is 7.53. The smallest absolute Gasteiger partial charge is 0.191 e. The Morgan fingerprint density at radius 1 is 1.38 bits per heavy atom. The molecule has 2 heterocycles.